The molecule has 2 unspecified atom stereocenters. The molecule has 1 amide bonds. The molecule has 0 aliphatic carbocycles. The quantitative estimate of drug-likeness (QED) is 0.520. The second-order valence-corrected chi connectivity index (χ2v) is 2.16. The molecule has 0 radical (unpaired) electrons. The van der Waals surface area contributed by atoms with Crippen molar-refractivity contribution in [1.29, 1.82) is 0 Å². The molecule has 0 bridgehead atoms. The molecule has 0 heterocycles. The Balaban J connectivity index is 4.01. The molecule has 0 aromatic heterocycles. The highest BCUT2D eigenvalue weighted by Crippen LogP contribution is 2.06. The number of aliphatic hydroxyl groups excluding tert-OH is 1. The van der Waals surface area contributed by atoms with Crippen LogP contribution in [0.15, 0.2) is 0 Å². The lowest BCUT2D eigenvalue weighted by atomic mass is 10.00. The molecule has 0 aliphatic rings. The van der Waals surface area contributed by atoms with Gasteiger partial charge in [-0.15, -0.1) is 12.3 Å². The molecule has 0 aromatic carbocycles. The molecule has 0 fully saturated rings. The SMILES string of the molecule is C#CCC(C(N)=O)C(C)O. The second kappa shape index (κ2) is 3.91. The van der Waals surface area contributed by atoms with Gasteiger partial charge in [0.05, 0.1) is 12.0 Å². The van der Waals surface area contributed by atoms with Crippen LogP contribution in [0.3, 0.4) is 0 Å². The second-order valence-electron chi connectivity index (χ2n) is 2.16. The van der Waals surface area contributed by atoms with Gasteiger partial charge in [-0.1, -0.05) is 0 Å². The molecule has 0 spiro atoms. The number of carbonyl (C=O) groups excluding carboxylic acids is 1. The summed E-state index contributed by atoms with van der Waals surface area (Å²) in [6, 6.07) is 0. The molecule has 10 heavy (non-hydrogen) atoms. The molecule has 0 rings (SSSR count). The molecule has 3 heteroatoms. The molecule has 2 atom stereocenters. The maximum Gasteiger partial charge on any atom is 0.224 e. The summed E-state index contributed by atoms with van der Waals surface area (Å²) in [4.78, 5) is 10.5. The molecule has 0 aliphatic heterocycles. The third kappa shape index (κ3) is 2.51. The standard InChI is InChI=1S/C7H11NO2/c1-3-4-6(5(2)9)7(8)10/h1,5-6,9H,4H2,2H3,(H2,8,10). The van der Waals surface area contributed by atoms with Gasteiger partial charge in [0, 0.05) is 6.42 Å². The number of terminal acetylenes is 1. The number of amides is 1. The maximum atomic E-state index is 10.5. The summed E-state index contributed by atoms with van der Waals surface area (Å²) in [5.74, 6) is 1.11. The molecule has 3 nitrogen and oxygen atoms in total. The van der Waals surface area contributed by atoms with Crippen molar-refractivity contribution in [2.24, 2.45) is 11.7 Å². The summed E-state index contributed by atoms with van der Waals surface area (Å²) in [6.45, 7) is 1.49. The molecule has 0 aromatic rings. The van der Waals surface area contributed by atoms with E-state index < -0.39 is 17.9 Å². The minimum atomic E-state index is -0.756. The van der Waals surface area contributed by atoms with Gasteiger partial charge in [-0.25, -0.2) is 0 Å². The topological polar surface area (TPSA) is 63.3 Å². The highest BCUT2D eigenvalue weighted by molar-refractivity contribution is 5.77. The van der Waals surface area contributed by atoms with Gasteiger partial charge < -0.3 is 10.8 Å². The highest BCUT2D eigenvalue weighted by Gasteiger charge is 2.19. The first-order valence-electron chi connectivity index (χ1n) is 3.00. The van der Waals surface area contributed by atoms with Crippen LogP contribution in [0.2, 0.25) is 0 Å². The van der Waals surface area contributed by atoms with E-state index in [1.54, 1.807) is 0 Å². The molecule has 56 valence electrons. The zero-order valence-corrected chi connectivity index (χ0v) is 5.87. The Morgan fingerprint density at radius 2 is 2.40 bits per heavy atom. The summed E-state index contributed by atoms with van der Waals surface area (Å²) < 4.78 is 0. The van der Waals surface area contributed by atoms with E-state index in [4.69, 9.17) is 17.3 Å². The third-order valence-electron chi connectivity index (χ3n) is 1.29. The van der Waals surface area contributed by atoms with Gasteiger partial charge in [0.15, 0.2) is 0 Å². The largest absolute Gasteiger partial charge is 0.393 e. The first-order valence-corrected chi connectivity index (χ1v) is 3.00. The van der Waals surface area contributed by atoms with Gasteiger partial charge in [0.1, 0.15) is 0 Å². The Morgan fingerprint density at radius 3 is 2.50 bits per heavy atom. The molecular weight excluding hydrogens is 130 g/mol. The Morgan fingerprint density at radius 1 is 1.90 bits per heavy atom. The van der Waals surface area contributed by atoms with Crippen molar-refractivity contribution in [3.8, 4) is 12.3 Å². The predicted molar refractivity (Wildman–Crippen MR) is 37.8 cm³/mol. The smallest absolute Gasteiger partial charge is 0.224 e. The first kappa shape index (κ1) is 8.99. The van der Waals surface area contributed by atoms with Crippen LogP contribution < -0.4 is 5.73 Å². The van der Waals surface area contributed by atoms with Crippen molar-refractivity contribution in [3.63, 3.8) is 0 Å². The van der Waals surface area contributed by atoms with Crippen LogP contribution in [0.25, 0.3) is 0 Å². The predicted octanol–water partition coefficient (Wildman–Crippen LogP) is -0.508. The van der Waals surface area contributed by atoms with Crippen molar-refractivity contribution < 1.29 is 9.90 Å². The number of hydrogen-bond acceptors (Lipinski definition) is 2. The number of primary amides is 1. The van der Waals surface area contributed by atoms with Gasteiger partial charge in [-0.2, -0.15) is 0 Å². The van der Waals surface area contributed by atoms with Crippen LogP contribution in [-0.2, 0) is 4.79 Å². The lowest BCUT2D eigenvalue weighted by Crippen LogP contribution is -2.31. The van der Waals surface area contributed by atoms with Crippen LogP contribution in [0.4, 0.5) is 0 Å². The van der Waals surface area contributed by atoms with Crippen LogP contribution in [-0.4, -0.2) is 17.1 Å². The molecular formula is C7H11NO2. The summed E-state index contributed by atoms with van der Waals surface area (Å²) in [7, 11) is 0. The summed E-state index contributed by atoms with van der Waals surface area (Å²) in [6.07, 6.45) is 4.38. The van der Waals surface area contributed by atoms with Crippen molar-refractivity contribution in [2.75, 3.05) is 0 Å². The number of aliphatic hydroxyl groups is 1. The van der Waals surface area contributed by atoms with E-state index in [1.165, 1.54) is 6.92 Å². The highest BCUT2D eigenvalue weighted by atomic mass is 16.3. The van der Waals surface area contributed by atoms with E-state index in [0.29, 0.717) is 0 Å². The van der Waals surface area contributed by atoms with Gasteiger partial charge in [0.2, 0.25) is 5.91 Å². The van der Waals surface area contributed by atoms with Crippen molar-refractivity contribution >= 4 is 5.91 Å². The fourth-order valence-electron chi connectivity index (χ4n) is 0.636. The van der Waals surface area contributed by atoms with Crippen LogP contribution in [0.5, 0.6) is 0 Å². The molecule has 3 N–H and O–H groups in total. The van der Waals surface area contributed by atoms with E-state index in [2.05, 4.69) is 5.92 Å². The van der Waals surface area contributed by atoms with E-state index in [-0.39, 0.29) is 6.42 Å². The number of rotatable bonds is 3. The fourth-order valence-corrected chi connectivity index (χ4v) is 0.636. The zero-order chi connectivity index (χ0) is 8.15. The van der Waals surface area contributed by atoms with Gasteiger partial charge in [-0.3, -0.25) is 4.79 Å². The van der Waals surface area contributed by atoms with Crippen LogP contribution in [0, 0.1) is 18.3 Å². The molecule has 0 saturated carbocycles. The lowest BCUT2D eigenvalue weighted by Gasteiger charge is -2.11. The van der Waals surface area contributed by atoms with Crippen molar-refractivity contribution in [1.82, 2.24) is 0 Å². The van der Waals surface area contributed by atoms with E-state index in [9.17, 15) is 4.79 Å². The lowest BCUT2D eigenvalue weighted by molar-refractivity contribution is -0.124. The van der Waals surface area contributed by atoms with E-state index in [1.807, 2.05) is 0 Å². The number of carbonyl (C=O) groups is 1. The fraction of sp³-hybridized carbons (Fsp3) is 0.571. The summed E-state index contributed by atoms with van der Waals surface area (Å²) in [5.41, 5.74) is 4.93. The van der Waals surface area contributed by atoms with Crippen LogP contribution in [0.1, 0.15) is 13.3 Å². The minimum absolute atomic E-state index is 0.201. The number of hydrogen-bond donors (Lipinski definition) is 2. The summed E-state index contributed by atoms with van der Waals surface area (Å²) >= 11 is 0. The number of nitrogens with two attached hydrogens (primary N) is 1. The average Bonchev–Trinajstić information content (AvgIpc) is 1.81. The maximum absolute atomic E-state index is 10.5. The van der Waals surface area contributed by atoms with Gasteiger partial charge in [-0.05, 0) is 6.92 Å². The van der Waals surface area contributed by atoms with E-state index >= 15 is 0 Å². The zero-order valence-electron chi connectivity index (χ0n) is 5.87. The normalized spacial score (nSPS) is 15.3. The minimum Gasteiger partial charge on any atom is -0.393 e. The van der Waals surface area contributed by atoms with Crippen molar-refractivity contribution in [3.05, 3.63) is 0 Å². The van der Waals surface area contributed by atoms with Crippen molar-refractivity contribution in [2.45, 2.75) is 19.4 Å². The van der Waals surface area contributed by atoms with E-state index in [0.717, 1.165) is 0 Å². The third-order valence-corrected chi connectivity index (χ3v) is 1.29. The van der Waals surface area contributed by atoms with Crippen LogP contribution >= 0.6 is 0 Å². The molecule has 0 saturated heterocycles. The first-order chi connectivity index (χ1) is 4.59. The van der Waals surface area contributed by atoms with Gasteiger partial charge >= 0.3 is 0 Å². The Bertz CT molecular complexity index is 157. The Hall–Kier alpha value is -1.01. The Labute approximate surface area is 60.2 Å². The summed E-state index contributed by atoms with van der Waals surface area (Å²) in [5, 5.41) is 8.92. The average molecular weight is 141 g/mol. The Kier molecular flexibility index (Phi) is 3.52. The van der Waals surface area contributed by atoms with Gasteiger partial charge in [0.25, 0.3) is 0 Å². The monoisotopic (exact) mass is 141 g/mol.